The average molecular weight is 676 g/mol. The molecule has 0 aliphatic carbocycles. The number of aromatic carboxylic acids is 1. The number of benzene rings is 3. The molecule has 10 heteroatoms. The van der Waals surface area contributed by atoms with Crippen LogP contribution in [0.15, 0.2) is 68.0 Å². The predicted molar refractivity (Wildman–Crippen MR) is 136 cm³/mol. The molecule has 164 valence electrons. The summed E-state index contributed by atoms with van der Waals surface area (Å²) < 4.78 is 2.36. The molecule has 2 N–H and O–H groups in total. The quantitative estimate of drug-likeness (QED) is 0.274. The average Bonchev–Trinajstić information content (AvgIpc) is 2.75. The van der Waals surface area contributed by atoms with E-state index in [-0.39, 0.29) is 12.2 Å². The Balaban J connectivity index is 0.000000233. The number of hydrogen-bond donors (Lipinski definition) is 2. The van der Waals surface area contributed by atoms with Crippen molar-refractivity contribution >= 4 is 94.8 Å². The third-order valence-corrected chi connectivity index (χ3v) is 7.11. The lowest BCUT2D eigenvalue weighted by atomic mass is 10.2. The van der Waals surface area contributed by atoms with Crippen LogP contribution in [-0.4, -0.2) is 22.5 Å². The molecule has 0 radical (unpaired) electrons. The molecule has 0 amide bonds. The van der Waals surface area contributed by atoms with Crippen LogP contribution in [0, 0.1) is 0 Å². The van der Waals surface area contributed by atoms with Crippen LogP contribution >= 0.6 is 82.6 Å². The van der Waals surface area contributed by atoms with Gasteiger partial charge in [0, 0.05) is 19.0 Å². The molecule has 0 atom stereocenters. The highest BCUT2D eigenvalue weighted by Gasteiger charge is 2.04. The van der Waals surface area contributed by atoms with Crippen molar-refractivity contribution in [2.45, 2.75) is 6.61 Å². The molecular formula is C21H14Br3Cl3O4. The number of aldehydes is 1. The summed E-state index contributed by atoms with van der Waals surface area (Å²) in [5.74, 6) is -0.973. The molecule has 31 heavy (non-hydrogen) atoms. The van der Waals surface area contributed by atoms with Gasteiger partial charge in [0.2, 0.25) is 0 Å². The number of rotatable bonds is 3. The van der Waals surface area contributed by atoms with Gasteiger partial charge in [-0.15, -0.1) is 0 Å². The van der Waals surface area contributed by atoms with E-state index in [9.17, 15) is 9.59 Å². The second kappa shape index (κ2) is 14.3. The molecule has 0 saturated heterocycles. The minimum atomic E-state index is -0.973. The van der Waals surface area contributed by atoms with Gasteiger partial charge in [0.25, 0.3) is 0 Å². The van der Waals surface area contributed by atoms with Gasteiger partial charge in [-0.05, 0) is 95.8 Å². The lowest BCUT2D eigenvalue weighted by Gasteiger charge is -1.97. The maximum Gasteiger partial charge on any atom is 0.335 e. The first-order valence-corrected chi connectivity index (χ1v) is 11.7. The Morgan fingerprint density at radius 3 is 1.71 bits per heavy atom. The van der Waals surface area contributed by atoms with Gasteiger partial charge in [0.1, 0.15) is 6.29 Å². The zero-order valence-corrected chi connectivity index (χ0v) is 22.5. The van der Waals surface area contributed by atoms with E-state index in [2.05, 4.69) is 47.8 Å². The van der Waals surface area contributed by atoms with Crippen molar-refractivity contribution in [1.82, 2.24) is 0 Å². The summed E-state index contributed by atoms with van der Waals surface area (Å²) in [6.07, 6.45) is 0.762. The fourth-order valence-electron chi connectivity index (χ4n) is 1.85. The van der Waals surface area contributed by atoms with E-state index in [1.807, 2.05) is 12.1 Å². The first-order valence-electron chi connectivity index (χ1n) is 8.22. The summed E-state index contributed by atoms with van der Waals surface area (Å²) in [6.45, 7) is 0.0347. The van der Waals surface area contributed by atoms with Crippen molar-refractivity contribution in [3.05, 3.63) is 99.8 Å². The molecule has 0 spiro atoms. The maximum atomic E-state index is 10.4. The van der Waals surface area contributed by atoms with E-state index >= 15 is 0 Å². The summed E-state index contributed by atoms with van der Waals surface area (Å²) in [7, 11) is 0. The Labute approximate surface area is 219 Å². The Morgan fingerprint density at radius 2 is 1.29 bits per heavy atom. The summed E-state index contributed by atoms with van der Waals surface area (Å²) in [4.78, 5) is 20.6. The minimum Gasteiger partial charge on any atom is -0.478 e. The second-order valence-electron chi connectivity index (χ2n) is 5.63. The number of aliphatic hydroxyl groups excluding tert-OH is 1. The summed E-state index contributed by atoms with van der Waals surface area (Å²) in [5, 5.41) is 18.8. The molecule has 0 aromatic heterocycles. The van der Waals surface area contributed by atoms with E-state index in [1.54, 1.807) is 30.3 Å². The van der Waals surface area contributed by atoms with E-state index < -0.39 is 5.97 Å². The third kappa shape index (κ3) is 10.0. The fraction of sp³-hybridized carbons (Fsp3) is 0.0476. The highest BCUT2D eigenvalue weighted by molar-refractivity contribution is 9.11. The number of carboxylic acid groups (broad SMARTS) is 1. The summed E-state index contributed by atoms with van der Waals surface area (Å²) in [6, 6.07) is 14.9. The summed E-state index contributed by atoms with van der Waals surface area (Å²) in [5.41, 5.74) is 1.61. The highest BCUT2D eigenvalue weighted by atomic mass is 79.9. The molecule has 0 unspecified atom stereocenters. The third-order valence-electron chi connectivity index (χ3n) is 3.41. The molecule has 4 nitrogen and oxygen atoms in total. The molecule has 0 saturated carbocycles. The van der Waals surface area contributed by atoms with Gasteiger partial charge >= 0.3 is 5.97 Å². The van der Waals surface area contributed by atoms with Gasteiger partial charge in [-0.2, -0.15) is 0 Å². The molecule has 0 bridgehead atoms. The first-order chi connectivity index (χ1) is 14.6. The molecule has 0 aliphatic rings. The monoisotopic (exact) mass is 672 g/mol. The Bertz CT molecular complexity index is 1060. The topological polar surface area (TPSA) is 74.6 Å². The number of carbonyl (C=O) groups excluding carboxylic acids is 1. The van der Waals surface area contributed by atoms with Crippen LogP contribution < -0.4 is 0 Å². The van der Waals surface area contributed by atoms with Crippen LogP contribution in [0.25, 0.3) is 0 Å². The van der Waals surface area contributed by atoms with Crippen molar-refractivity contribution < 1.29 is 19.8 Å². The van der Waals surface area contributed by atoms with Gasteiger partial charge in [0.15, 0.2) is 0 Å². The maximum absolute atomic E-state index is 10.4. The van der Waals surface area contributed by atoms with E-state index in [0.29, 0.717) is 25.1 Å². The fourth-order valence-corrected chi connectivity index (χ4v) is 3.17. The lowest BCUT2D eigenvalue weighted by molar-refractivity contribution is 0.0696. The number of halogens is 6. The van der Waals surface area contributed by atoms with Crippen LogP contribution in [0.2, 0.25) is 15.1 Å². The number of aliphatic hydroxyl groups is 1. The van der Waals surface area contributed by atoms with E-state index in [4.69, 9.17) is 45.0 Å². The van der Waals surface area contributed by atoms with Crippen molar-refractivity contribution in [2.24, 2.45) is 0 Å². The van der Waals surface area contributed by atoms with Crippen molar-refractivity contribution in [1.29, 1.82) is 0 Å². The van der Waals surface area contributed by atoms with Crippen molar-refractivity contribution in [2.75, 3.05) is 0 Å². The minimum absolute atomic E-state index is 0.0347. The van der Waals surface area contributed by atoms with Gasteiger partial charge in [0.05, 0.1) is 27.2 Å². The van der Waals surface area contributed by atoms with Crippen LogP contribution in [-0.2, 0) is 6.61 Å². The molecule has 0 heterocycles. The lowest BCUT2D eigenvalue weighted by Crippen LogP contribution is -1.94. The van der Waals surface area contributed by atoms with E-state index in [0.717, 1.165) is 20.8 Å². The van der Waals surface area contributed by atoms with Gasteiger partial charge in [-0.3, -0.25) is 4.79 Å². The number of carbonyl (C=O) groups is 2. The van der Waals surface area contributed by atoms with Crippen molar-refractivity contribution in [3.63, 3.8) is 0 Å². The molecular weight excluding hydrogens is 662 g/mol. The van der Waals surface area contributed by atoms with Crippen LogP contribution in [0.5, 0.6) is 0 Å². The van der Waals surface area contributed by atoms with Crippen molar-refractivity contribution in [3.8, 4) is 0 Å². The van der Waals surface area contributed by atoms with Gasteiger partial charge < -0.3 is 10.2 Å². The normalized spacial score (nSPS) is 9.65. The largest absolute Gasteiger partial charge is 0.478 e. The zero-order chi connectivity index (χ0) is 23.6. The van der Waals surface area contributed by atoms with Crippen LogP contribution in [0.1, 0.15) is 26.3 Å². The Morgan fingerprint density at radius 1 is 0.806 bits per heavy atom. The Kier molecular flexibility index (Phi) is 12.9. The summed E-state index contributed by atoms with van der Waals surface area (Å²) >= 11 is 26.7. The van der Waals surface area contributed by atoms with Gasteiger partial charge in [-0.1, -0.05) is 46.9 Å². The molecule has 0 fully saturated rings. The number of hydrogen-bond acceptors (Lipinski definition) is 3. The standard InChI is InChI=1S/C7H4BrClO2.C7H6BrClO.C7H4BrClO/c8-5-2-1-4(7(10)11)3-6(5)9;2*8-6-2-1-5(4-10)3-7(6)9/h1-3H,(H,10,11);1-3,10H,4H2;1-4H. The highest BCUT2D eigenvalue weighted by Crippen LogP contribution is 2.24. The van der Waals surface area contributed by atoms with Crippen LogP contribution in [0.4, 0.5) is 0 Å². The number of carboxylic acids is 1. The molecule has 3 aromatic rings. The second-order valence-corrected chi connectivity index (χ2v) is 9.42. The predicted octanol–water partition coefficient (Wildman–Crippen LogP) is 8.31. The molecule has 3 aromatic carbocycles. The zero-order valence-electron chi connectivity index (χ0n) is 15.5. The SMILES string of the molecule is O=C(O)c1ccc(Br)c(Cl)c1.O=Cc1ccc(Br)c(Cl)c1.OCc1ccc(Br)c(Cl)c1. The first kappa shape index (κ1) is 28.1. The Hall–Kier alpha value is -0.930. The molecule has 0 aliphatic heterocycles. The van der Waals surface area contributed by atoms with Gasteiger partial charge in [-0.25, -0.2) is 4.79 Å². The van der Waals surface area contributed by atoms with Crippen LogP contribution in [0.3, 0.4) is 0 Å². The van der Waals surface area contributed by atoms with E-state index in [1.165, 1.54) is 12.1 Å². The molecule has 3 rings (SSSR count). The smallest absolute Gasteiger partial charge is 0.335 e.